The van der Waals surface area contributed by atoms with Crippen LogP contribution in [0.1, 0.15) is 12.8 Å². The summed E-state index contributed by atoms with van der Waals surface area (Å²) >= 11 is 0. The molecule has 0 aromatic heterocycles. The fourth-order valence-corrected chi connectivity index (χ4v) is 2.02. The first kappa shape index (κ1) is 12.2. The van der Waals surface area contributed by atoms with Gasteiger partial charge in [-0.2, -0.15) is 0 Å². The molecule has 0 spiro atoms. The molecule has 0 atom stereocenters. The molecule has 6 heteroatoms. The number of hydrogen-bond acceptors (Lipinski definition) is 0. The number of unbranched alkanes of at least 4 members (excludes halogenated alkanes) is 1. The highest BCUT2D eigenvalue weighted by Gasteiger charge is 2.05. The molecule has 0 aliphatic carbocycles. The van der Waals surface area contributed by atoms with Crippen molar-refractivity contribution in [1.82, 2.24) is 0 Å². The normalized spacial score (nSPS) is 11.5. The largest absolute Gasteiger partial charge is 0.216 e. The summed E-state index contributed by atoms with van der Waals surface area (Å²) in [5.41, 5.74) is 0. The molecule has 0 unspecified atom stereocenters. The Balaban J connectivity index is 2.91. The number of hydrogen-bond donors (Lipinski definition) is 0. The first-order valence-corrected chi connectivity index (χ1v) is 6.23. The minimum Gasteiger partial charge on any atom is -0.216 e. The standard InChI is InChI=1S/C6H10F4Si2/c7-5(8)11-3-1-2-4-12-6(9)10/h5-6H,1-4H2. The Morgan fingerprint density at radius 3 is 1.33 bits per heavy atom. The summed E-state index contributed by atoms with van der Waals surface area (Å²) in [5, 5.41) is 0. The van der Waals surface area contributed by atoms with Crippen LogP contribution >= 0.6 is 0 Å². The molecule has 0 nitrogen and oxygen atoms in total. The summed E-state index contributed by atoms with van der Waals surface area (Å²) in [6.45, 7) is 0. The molecular formula is C6H10F4Si2. The summed E-state index contributed by atoms with van der Waals surface area (Å²) in [4.78, 5) is 0. The third-order valence-electron chi connectivity index (χ3n) is 1.20. The van der Waals surface area contributed by atoms with Gasteiger partial charge in [-0.25, -0.2) is 17.6 Å². The van der Waals surface area contributed by atoms with E-state index in [0.29, 0.717) is 24.9 Å². The predicted octanol–water partition coefficient (Wildman–Crippen LogP) is 2.46. The minimum atomic E-state index is -2.22. The molecule has 0 saturated carbocycles. The second-order valence-corrected chi connectivity index (χ2v) is 4.91. The van der Waals surface area contributed by atoms with Crippen molar-refractivity contribution >= 4 is 19.0 Å². The van der Waals surface area contributed by atoms with Crippen LogP contribution in [0, 0.1) is 0 Å². The number of rotatable bonds is 7. The zero-order valence-electron chi connectivity index (χ0n) is 6.49. The van der Waals surface area contributed by atoms with Gasteiger partial charge in [-0.1, -0.05) is 24.9 Å². The Labute approximate surface area is 74.4 Å². The molecule has 0 amide bonds. The maximum atomic E-state index is 11.6. The Hall–Kier alpha value is 0.154. The van der Waals surface area contributed by atoms with Crippen LogP contribution in [0.5, 0.6) is 0 Å². The van der Waals surface area contributed by atoms with Gasteiger partial charge in [0, 0.05) is 0 Å². The van der Waals surface area contributed by atoms with Crippen LogP contribution in [0.15, 0.2) is 0 Å². The first-order valence-electron chi connectivity index (χ1n) is 3.66. The molecule has 12 heavy (non-hydrogen) atoms. The van der Waals surface area contributed by atoms with Crippen molar-refractivity contribution in [2.75, 3.05) is 0 Å². The van der Waals surface area contributed by atoms with E-state index >= 15 is 0 Å². The van der Waals surface area contributed by atoms with E-state index in [1.54, 1.807) is 0 Å². The molecule has 0 fully saturated rings. The molecule has 0 aliphatic heterocycles. The molecular weight excluding hydrogens is 204 g/mol. The molecule has 0 rings (SSSR count). The van der Waals surface area contributed by atoms with Crippen LogP contribution in [0.25, 0.3) is 0 Å². The van der Waals surface area contributed by atoms with E-state index in [-0.39, 0.29) is 19.0 Å². The zero-order valence-corrected chi connectivity index (χ0v) is 8.49. The maximum absolute atomic E-state index is 11.6. The van der Waals surface area contributed by atoms with Gasteiger partial charge in [0.15, 0.2) is 0 Å². The summed E-state index contributed by atoms with van der Waals surface area (Å²) in [6, 6.07) is -3.48. The Morgan fingerprint density at radius 1 is 0.750 bits per heavy atom. The summed E-state index contributed by atoms with van der Waals surface area (Å²) in [6.07, 6.45) is 1.31. The quantitative estimate of drug-likeness (QED) is 0.347. The smallest absolute Gasteiger partial charge is 0.216 e. The van der Waals surface area contributed by atoms with Crippen LogP contribution in [0.2, 0.25) is 12.1 Å². The lowest BCUT2D eigenvalue weighted by Crippen LogP contribution is -2.05. The summed E-state index contributed by atoms with van der Waals surface area (Å²) in [5.74, 6) is 0. The minimum absolute atomic E-state index is 0.323. The second kappa shape index (κ2) is 7.78. The molecule has 4 radical (unpaired) electrons. The van der Waals surface area contributed by atoms with Crippen LogP contribution < -0.4 is 0 Å². The summed E-state index contributed by atoms with van der Waals surface area (Å²) in [7, 11) is -0.647. The van der Waals surface area contributed by atoms with Crippen molar-refractivity contribution in [3.05, 3.63) is 0 Å². The van der Waals surface area contributed by atoms with Gasteiger partial charge in [0.1, 0.15) is 19.0 Å². The SMILES string of the molecule is FC(F)[Si]CCCC[Si]C(F)F. The third kappa shape index (κ3) is 10.2. The fraction of sp³-hybridized carbons (Fsp3) is 1.00. The van der Waals surface area contributed by atoms with Crippen molar-refractivity contribution in [2.24, 2.45) is 0 Å². The van der Waals surface area contributed by atoms with E-state index in [4.69, 9.17) is 0 Å². The van der Waals surface area contributed by atoms with Crippen molar-refractivity contribution in [1.29, 1.82) is 0 Å². The molecule has 70 valence electrons. The Morgan fingerprint density at radius 2 is 1.08 bits per heavy atom. The lowest BCUT2D eigenvalue weighted by atomic mass is 10.4. The van der Waals surface area contributed by atoms with Crippen LogP contribution in [0.3, 0.4) is 0 Å². The van der Waals surface area contributed by atoms with Gasteiger partial charge in [0.05, 0.1) is 0 Å². The second-order valence-electron chi connectivity index (χ2n) is 2.22. The average molecular weight is 214 g/mol. The highest BCUT2D eigenvalue weighted by atomic mass is 28.2. The average Bonchev–Trinajstić information content (AvgIpc) is 1.95. The van der Waals surface area contributed by atoms with Gasteiger partial charge in [0.2, 0.25) is 12.1 Å². The van der Waals surface area contributed by atoms with Gasteiger partial charge in [-0.05, 0) is 0 Å². The van der Waals surface area contributed by atoms with Crippen LogP contribution in [0.4, 0.5) is 17.6 Å². The van der Waals surface area contributed by atoms with Gasteiger partial charge in [0.25, 0.3) is 0 Å². The van der Waals surface area contributed by atoms with E-state index in [2.05, 4.69) is 0 Å². The lowest BCUT2D eigenvalue weighted by molar-refractivity contribution is 0.236. The highest BCUT2D eigenvalue weighted by molar-refractivity contribution is 6.37. The van der Waals surface area contributed by atoms with E-state index in [1.165, 1.54) is 0 Å². The van der Waals surface area contributed by atoms with Crippen molar-refractivity contribution in [3.63, 3.8) is 0 Å². The predicted molar refractivity (Wildman–Crippen MR) is 42.4 cm³/mol. The zero-order chi connectivity index (χ0) is 9.40. The van der Waals surface area contributed by atoms with Crippen molar-refractivity contribution in [2.45, 2.75) is 37.0 Å². The topological polar surface area (TPSA) is 0 Å². The number of halogens is 4. The van der Waals surface area contributed by atoms with E-state index in [1.807, 2.05) is 0 Å². The van der Waals surface area contributed by atoms with E-state index < -0.39 is 12.1 Å². The molecule has 0 aliphatic rings. The molecule has 0 bridgehead atoms. The number of alkyl halides is 4. The van der Waals surface area contributed by atoms with Gasteiger partial charge in [-0.15, -0.1) is 0 Å². The molecule has 0 aromatic rings. The molecule has 0 N–H and O–H groups in total. The van der Waals surface area contributed by atoms with Crippen LogP contribution in [-0.4, -0.2) is 31.1 Å². The van der Waals surface area contributed by atoms with E-state index in [9.17, 15) is 17.6 Å². The fourth-order valence-electron chi connectivity index (χ4n) is 0.672. The maximum Gasteiger partial charge on any atom is 0.216 e. The van der Waals surface area contributed by atoms with Crippen molar-refractivity contribution in [3.8, 4) is 0 Å². The summed E-state index contributed by atoms with van der Waals surface area (Å²) < 4.78 is 46.3. The monoisotopic (exact) mass is 214 g/mol. The highest BCUT2D eigenvalue weighted by Crippen LogP contribution is 2.04. The van der Waals surface area contributed by atoms with Crippen LogP contribution in [-0.2, 0) is 0 Å². The molecule has 0 aromatic carbocycles. The third-order valence-corrected chi connectivity index (χ3v) is 3.10. The molecule has 0 saturated heterocycles. The van der Waals surface area contributed by atoms with Gasteiger partial charge in [-0.3, -0.25) is 0 Å². The van der Waals surface area contributed by atoms with E-state index in [0.717, 1.165) is 0 Å². The Kier molecular flexibility index (Phi) is 7.88. The van der Waals surface area contributed by atoms with Crippen molar-refractivity contribution < 1.29 is 17.6 Å². The van der Waals surface area contributed by atoms with Gasteiger partial charge < -0.3 is 0 Å². The lowest BCUT2D eigenvalue weighted by Gasteiger charge is -1.98. The Bertz CT molecular complexity index is 87.5. The van der Waals surface area contributed by atoms with Gasteiger partial charge >= 0.3 is 0 Å². The first-order chi connectivity index (χ1) is 5.63. The molecule has 0 heterocycles.